The molecule has 2 heterocycles. The van der Waals surface area contributed by atoms with E-state index in [0.29, 0.717) is 12.1 Å². The number of nitrogens with one attached hydrogen (secondary N) is 1. The summed E-state index contributed by atoms with van der Waals surface area (Å²) < 4.78 is 1.71. The van der Waals surface area contributed by atoms with E-state index in [2.05, 4.69) is 15.4 Å². The molecule has 24 heavy (non-hydrogen) atoms. The van der Waals surface area contributed by atoms with Gasteiger partial charge in [-0.3, -0.25) is 9.78 Å². The highest BCUT2D eigenvalue weighted by Gasteiger charge is 2.31. The van der Waals surface area contributed by atoms with Gasteiger partial charge in [0.15, 0.2) is 0 Å². The predicted molar refractivity (Wildman–Crippen MR) is 93.1 cm³/mol. The first kappa shape index (κ1) is 18.1. The van der Waals surface area contributed by atoms with Crippen LogP contribution in [0, 0.1) is 18.3 Å². The molecule has 0 saturated heterocycles. The molecule has 2 aromatic rings. The molecule has 0 spiro atoms. The van der Waals surface area contributed by atoms with Crippen molar-refractivity contribution in [2.75, 3.05) is 6.54 Å². The van der Waals surface area contributed by atoms with E-state index in [0.717, 1.165) is 11.4 Å². The van der Waals surface area contributed by atoms with Crippen LogP contribution in [0.15, 0.2) is 30.7 Å². The maximum absolute atomic E-state index is 12.5. The summed E-state index contributed by atoms with van der Waals surface area (Å²) in [5.41, 5.74) is 1.75. The summed E-state index contributed by atoms with van der Waals surface area (Å²) in [4.78, 5) is 16.5. The van der Waals surface area contributed by atoms with E-state index in [1.807, 2.05) is 46.8 Å². The minimum absolute atomic E-state index is 0.132. The number of aliphatic hydroxyl groups excluding tert-OH is 1. The number of amides is 1. The highest BCUT2D eigenvalue weighted by atomic mass is 16.3. The molecule has 0 radical (unpaired) electrons. The molecular weight excluding hydrogens is 304 g/mol. The zero-order valence-corrected chi connectivity index (χ0v) is 14.9. The minimum atomic E-state index is -0.488. The molecule has 1 unspecified atom stereocenters. The van der Waals surface area contributed by atoms with Crippen molar-refractivity contribution in [3.8, 4) is 5.69 Å². The summed E-state index contributed by atoms with van der Waals surface area (Å²) >= 11 is 0. The first-order chi connectivity index (χ1) is 11.2. The molecule has 0 saturated carbocycles. The second-order valence-corrected chi connectivity index (χ2v) is 7.12. The van der Waals surface area contributed by atoms with Crippen LogP contribution < -0.4 is 5.32 Å². The van der Waals surface area contributed by atoms with Gasteiger partial charge in [-0.1, -0.05) is 27.7 Å². The average molecular weight is 330 g/mol. The number of carbonyl (C=O) groups is 1. The number of carbonyl (C=O) groups excluding carboxylic acids is 1. The summed E-state index contributed by atoms with van der Waals surface area (Å²) in [6, 6.07) is 3.67. The van der Waals surface area contributed by atoms with Crippen LogP contribution >= 0.6 is 0 Å². The van der Waals surface area contributed by atoms with Crippen molar-refractivity contribution in [1.82, 2.24) is 20.1 Å². The highest BCUT2D eigenvalue weighted by molar-refractivity contribution is 5.95. The van der Waals surface area contributed by atoms with Gasteiger partial charge >= 0.3 is 0 Å². The van der Waals surface area contributed by atoms with Crippen molar-refractivity contribution in [3.05, 3.63) is 42.0 Å². The third-order valence-corrected chi connectivity index (χ3v) is 4.30. The topological polar surface area (TPSA) is 80.0 Å². The SMILES string of the molecule is Cc1c(C(=O)NCC(C)(C)C(O)C(C)C)cnn1-c1ccncc1. The smallest absolute Gasteiger partial charge is 0.254 e. The molecule has 0 bridgehead atoms. The van der Waals surface area contributed by atoms with Crippen molar-refractivity contribution >= 4 is 5.91 Å². The van der Waals surface area contributed by atoms with Crippen LogP contribution in [0.5, 0.6) is 0 Å². The zero-order chi connectivity index (χ0) is 17.9. The molecule has 2 aromatic heterocycles. The lowest BCUT2D eigenvalue weighted by atomic mass is 9.80. The fraction of sp³-hybridized carbons (Fsp3) is 0.500. The van der Waals surface area contributed by atoms with Gasteiger partial charge in [-0.25, -0.2) is 4.68 Å². The van der Waals surface area contributed by atoms with Crippen molar-refractivity contribution in [1.29, 1.82) is 0 Å². The molecule has 0 aliphatic carbocycles. The second kappa shape index (κ2) is 7.13. The van der Waals surface area contributed by atoms with Crippen LogP contribution in [-0.4, -0.2) is 38.4 Å². The van der Waals surface area contributed by atoms with E-state index >= 15 is 0 Å². The highest BCUT2D eigenvalue weighted by Crippen LogP contribution is 2.25. The normalized spacial score (nSPS) is 13.1. The Balaban J connectivity index is 2.10. The molecule has 6 nitrogen and oxygen atoms in total. The van der Waals surface area contributed by atoms with Gasteiger partial charge in [0.2, 0.25) is 0 Å². The van der Waals surface area contributed by atoms with E-state index in [-0.39, 0.29) is 11.8 Å². The predicted octanol–water partition coefficient (Wildman–Crippen LogP) is 2.35. The molecule has 1 amide bonds. The van der Waals surface area contributed by atoms with E-state index in [1.54, 1.807) is 23.3 Å². The molecule has 6 heteroatoms. The molecule has 0 fully saturated rings. The largest absolute Gasteiger partial charge is 0.392 e. The summed E-state index contributed by atoms with van der Waals surface area (Å²) in [6.45, 7) is 10.1. The quantitative estimate of drug-likeness (QED) is 0.852. The van der Waals surface area contributed by atoms with Gasteiger partial charge in [0.1, 0.15) is 0 Å². The number of hydrogen-bond acceptors (Lipinski definition) is 4. The summed E-state index contributed by atoms with van der Waals surface area (Å²) in [5.74, 6) is -0.0510. The zero-order valence-electron chi connectivity index (χ0n) is 14.9. The number of aromatic nitrogens is 3. The Kier molecular flexibility index (Phi) is 5.39. The molecule has 0 aliphatic rings. The minimum Gasteiger partial charge on any atom is -0.392 e. The van der Waals surface area contributed by atoms with Crippen molar-refractivity contribution in [3.63, 3.8) is 0 Å². The lowest BCUT2D eigenvalue weighted by Gasteiger charge is -2.33. The molecule has 2 rings (SSSR count). The van der Waals surface area contributed by atoms with Gasteiger partial charge in [0.05, 0.1) is 29.2 Å². The Morgan fingerprint density at radius 2 is 1.96 bits per heavy atom. The van der Waals surface area contributed by atoms with Crippen LogP contribution in [-0.2, 0) is 0 Å². The number of hydrogen-bond donors (Lipinski definition) is 2. The van der Waals surface area contributed by atoms with Crippen molar-refractivity contribution in [2.45, 2.75) is 40.7 Å². The van der Waals surface area contributed by atoms with Gasteiger partial charge in [-0.05, 0) is 25.0 Å². The molecule has 0 aliphatic heterocycles. The number of nitrogens with zero attached hydrogens (tertiary/aromatic N) is 3. The molecule has 130 valence electrons. The Bertz CT molecular complexity index is 692. The van der Waals surface area contributed by atoms with Gasteiger partial charge in [0, 0.05) is 24.4 Å². The van der Waals surface area contributed by atoms with Gasteiger partial charge in [0.25, 0.3) is 5.91 Å². The van der Waals surface area contributed by atoms with Crippen LogP contribution in [0.1, 0.15) is 43.7 Å². The standard InChI is InChI=1S/C18H26N4O2/c1-12(2)16(23)18(4,5)11-20-17(24)15-10-21-22(13(15)3)14-6-8-19-9-7-14/h6-10,12,16,23H,11H2,1-5H3,(H,20,24). The lowest BCUT2D eigenvalue weighted by Crippen LogP contribution is -2.43. The molecule has 1 atom stereocenters. The first-order valence-electron chi connectivity index (χ1n) is 8.15. The molecular formula is C18H26N4O2. The van der Waals surface area contributed by atoms with Crippen LogP contribution in [0.4, 0.5) is 0 Å². The van der Waals surface area contributed by atoms with Crippen LogP contribution in [0.2, 0.25) is 0 Å². The molecule has 0 aromatic carbocycles. The van der Waals surface area contributed by atoms with Gasteiger partial charge in [-0.15, -0.1) is 0 Å². The summed E-state index contributed by atoms with van der Waals surface area (Å²) in [6.07, 6.45) is 4.45. The Labute approximate surface area is 142 Å². The van der Waals surface area contributed by atoms with E-state index in [4.69, 9.17) is 0 Å². The Morgan fingerprint density at radius 3 is 2.54 bits per heavy atom. The first-order valence-corrected chi connectivity index (χ1v) is 8.15. The maximum atomic E-state index is 12.5. The third kappa shape index (κ3) is 3.82. The average Bonchev–Trinajstić information content (AvgIpc) is 2.94. The van der Waals surface area contributed by atoms with Crippen molar-refractivity contribution in [2.24, 2.45) is 11.3 Å². The number of pyridine rings is 1. The monoisotopic (exact) mass is 330 g/mol. The summed E-state index contributed by atoms with van der Waals surface area (Å²) in [7, 11) is 0. The lowest BCUT2D eigenvalue weighted by molar-refractivity contribution is 0.0138. The number of rotatable bonds is 6. The maximum Gasteiger partial charge on any atom is 0.254 e. The fourth-order valence-corrected chi connectivity index (χ4v) is 2.79. The van der Waals surface area contributed by atoms with Gasteiger partial charge < -0.3 is 10.4 Å². The van der Waals surface area contributed by atoms with Crippen molar-refractivity contribution < 1.29 is 9.90 Å². The second-order valence-electron chi connectivity index (χ2n) is 7.12. The Hall–Kier alpha value is -2.21. The summed E-state index contributed by atoms with van der Waals surface area (Å²) in [5, 5.41) is 17.5. The van der Waals surface area contributed by atoms with Gasteiger partial charge in [-0.2, -0.15) is 5.10 Å². The van der Waals surface area contributed by atoms with E-state index in [1.165, 1.54) is 0 Å². The number of aliphatic hydroxyl groups is 1. The van der Waals surface area contributed by atoms with Crippen LogP contribution in [0.3, 0.4) is 0 Å². The van der Waals surface area contributed by atoms with E-state index in [9.17, 15) is 9.90 Å². The van der Waals surface area contributed by atoms with E-state index < -0.39 is 11.5 Å². The molecule has 2 N–H and O–H groups in total. The van der Waals surface area contributed by atoms with Crippen LogP contribution in [0.25, 0.3) is 5.69 Å². The Morgan fingerprint density at radius 1 is 1.33 bits per heavy atom. The third-order valence-electron chi connectivity index (χ3n) is 4.30. The fourth-order valence-electron chi connectivity index (χ4n) is 2.79.